The lowest BCUT2D eigenvalue weighted by Gasteiger charge is -2.07. The van der Waals surface area contributed by atoms with Gasteiger partial charge in [-0.3, -0.25) is 9.48 Å². The zero-order chi connectivity index (χ0) is 20.1. The van der Waals surface area contributed by atoms with Gasteiger partial charge in [-0.15, -0.1) is 0 Å². The second kappa shape index (κ2) is 8.65. The van der Waals surface area contributed by atoms with Crippen LogP contribution < -0.4 is 10.1 Å². The van der Waals surface area contributed by atoms with Crippen molar-refractivity contribution in [2.24, 2.45) is 0 Å². The first-order chi connectivity index (χ1) is 13.5. The molecule has 1 aromatic heterocycles. The van der Waals surface area contributed by atoms with E-state index in [0.717, 1.165) is 12.0 Å². The van der Waals surface area contributed by atoms with Crippen LogP contribution in [0.2, 0.25) is 0 Å². The van der Waals surface area contributed by atoms with Crippen LogP contribution in [0.3, 0.4) is 0 Å². The van der Waals surface area contributed by atoms with Crippen LogP contribution in [0.25, 0.3) is 11.3 Å². The number of halogens is 2. The number of carbonyl (C=O) groups is 1. The largest absolute Gasteiger partial charge is 0.497 e. The Morgan fingerprint density at radius 3 is 2.54 bits per heavy atom. The van der Waals surface area contributed by atoms with E-state index in [9.17, 15) is 13.6 Å². The molecule has 3 aromatic rings. The van der Waals surface area contributed by atoms with Crippen molar-refractivity contribution in [2.75, 3.05) is 7.11 Å². The number of nitrogens with zero attached hydrogens (tertiary/aromatic N) is 2. The zero-order valence-electron chi connectivity index (χ0n) is 15.7. The Hall–Kier alpha value is -3.22. The third-order valence-corrected chi connectivity index (χ3v) is 4.27. The molecular formula is C21H21F2N3O2. The number of methoxy groups -OCH3 is 1. The third-order valence-electron chi connectivity index (χ3n) is 4.27. The summed E-state index contributed by atoms with van der Waals surface area (Å²) in [5.74, 6) is -0.724. The van der Waals surface area contributed by atoms with Crippen molar-refractivity contribution in [1.82, 2.24) is 15.1 Å². The molecule has 0 saturated heterocycles. The number of hydrogen-bond donors (Lipinski definition) is 1. The monoisotopic (exact) mass is 385 g/mol. The summed E-state index contributed by atoms with van der Waals surface area (Å²) in [6, 6.07) is 12.0. The van der Waals surface area contributed by atoms with Gasteiger partial charge in [0.15, 0.2) is 0 Å². The average molecular weight is 385 g/mol. The molecule has 0 unspecified atom stereocenters. The molecule has 0 atom stereocenters. The van der Waals surface area contributed by atoms with Gasteiger partial charge in [0.2, 0.25) is 0 Å². The van der Waals surface area contributed by atoms with Crippen LogP contribution in [0.1, 0.15) is 29.4 Å². The van der Waals surface area contributed by atoms with Crippen LogP contribution in [-0.2, 0) is 13.1 Å². The first kappa shape index (κ1) is 19.5. The molecule has 0 radical (unpaired) electrons. The number of amides is 1. The molecule has 0 saturated carbocycles. The minimum absolute atomic E-state index is 0.253. The molecule has 0 aliphatic carbocycles. The number of rotatable bonds is 7. The zero-order valence-corrected chi connectivity index (χ0v) is 15.7. The predicted octanol–water partition coefficient (Wildman–Crippen LogP) is 4.18. The van der Waals surface area contributed by atoms with Crippen LogP contribution in [0.15, 0.2) is 48.5 Å². The van der Waals surface area contributed by atoms with E-state index >= 15 is 0 Å². The van der Waals surface area contributed by atoms with Gasteiger partial charge in [0.05, 0.1) is 12.8 Å². The van der Waals surface area contributed by atoms with Gasteiger partial charge in [0, 0.05) is 24.7 Å². The molecule has 28 heavy (non-hydrogen) atoms. The van der Waals surface area contributed by atoms with Crippen LogP contribution in [0.4, 0.5) is 8.78 Å². The molecule has 3 rings (SSSR count). The highest BCUT2D eigenvalue weighted by Gasteiger charge is 2.18. The fourth-order valence-electron chi connectivity index (χ4n) is 2.82. The van der Waals surface area contributed by atoms with Crippen molar-refractivity contribution < 1.29 is 18.3 Å². The summed E-state index contributed by atoms with van der Waals surface area (Å²) in [4.78, 5) is 12.7. The number of carbonyl (C=O) groups excluding carboxylic acids is 1. The van der Waals surface area contributed by atoms with Gasteiger partial charge in [0.1, 0.15) is 23.1 Å². The lowest BCUT2D eigenvalue weighted by atomic mass is 10.1. The highest BCUT2D eigenvalue weighted by molar-refractivity contribution is 5.93. The van der Waals surface area contributed by atoms with Gasteiger partial charge in [-0.05, 0) is 42.3 Å². The Balaban J connectivity index is 1.83. The minimum Gasteiger partial charge on any atom is -0.497 e. The molecule has 2 aromatic carbocycles. The Morgan fingerprint density at radius 2 is 1.89 bits per heavy atom. The maximum Gasteiger partial charge on any atom is 0.269 e. The lowest BCUT2D eigenvalue weighted by Crippen LogP contribution is -2.25. The number of benzene rings is 2. The summed E-state index contributed by atoms with van der Waals surface area (Å²) in [5, 5.41) is 7.19. The van der Waals surface area contributed by atoms with Crippen molar-refractivity contribution in [3.8, 4) is 17.0 Å². The number of aromatic nitrogens is 2. The Morgan fingerprint density at radius 1 is 1.14 bits per heavy atom. The molecule has 0 fully saturated rings. The molecule has 1 amide bonds. The molecule has 0 aliphatic heterocycles. The third kappa shape index (κ3) is 4.36. The second-order valence-corrected chi connectivity index (χ2v) is 6.29. The summed E-state index contributed by atoms with van der Waals surface area (Å²) < 4.78 is 34.0. The summed E-state index contributed by atoms with van der Waals surface area (Å²) in [6.45, 7) is 2.75. The summed E-state index contributed by atoms with van der Waals surface area (Å²) >= 11 is 0. The molecule has 146 valence electrons. The maximum absolute atomic E-state index is 14.4. The normalized spacial score (nSPS) is 10.7. The fraction of sp³-hybridized carbons (Fsp3) is 0.238. The van der Waals surface area contributed by atoms with E-state index in [1.807, 2.05) is 6.92 Å². The molecule has 1 N–H and O–H groups in total. The molecule has 0 bridgehead atoms. The van der Waals surface area contributed by atoms with Crippen LogP contribution >= 0.6 is 0 Å². The predicted molar refractivity (Wildman–Crippen MR) is 102 cm³/mol. The maximum atomic E-state index is 14.4. The molecule has 0 spiro atoms. The first-order valence-electron chi connectivity index (χ1n) is 8.96. The topological polar surface area (TPSA) is 56.2 Å². The Bertz CT molecular complexity index is 968. The van der Waals surface area contributed by atoms with E-state index in [2.05, 4.69) is 10.4 Å². The highest BCUT2D eigenvalue weighted by atomic mass is 19.1. The lowest BCUT2D eigenvalue weighted by molar-refractivity contribution is 0.0940. The van der Waals surface area contributed by atoms with E-state index < -0.39 is 5.82 Å². The smallest absolute Gasteiger partial charge is 0.269 e. The summed E-state index contributed by atoms with van der Waals surface area (Å²) in [7, 11) is 1.47. The van der Waals surface area contributed by atoms with Gasteiger partial charge in [-0.2, -0.15) is 5.10 Å². The molecule has 1 heterocycles. The van der Waals surface area contributed by atoms with E-state index in [4.69, 9.17) is 4.74 Å². The standard InChI is InChI=1S/C21H21F2N3O2/c1-3-10-26-20(21(27)24-13-14-4-6-15(22)7-5-14)12-19(25-26)17-9-8-16(28-2)11-18(17)23/h4-9,11-12H,3,10,13H2,1-2H3,(H,24,27). The summed E-state index contributed by atoms with van der Waals surface area (Å²) in [5.41, 5.74) is 1.79. The van der Waals surface area contributed by atoms with E-state index in [1.165, 1.54) is 25.3 Å². The van der Waals surface area contributed by atoms with Crippen LogP contribution in [-0.4, -0.2) is 22.8 Å². The second-order valence-electron chi connectivity index (χ2n) is 6.29. The molecular weight excluding hydrogens is 364 g/mol. The minimum atomic E-state index is -0.473. The molecule has 0 aliphatic rings. The van der Waals surface area contributed by atoms with E-state index in [-0.39, 0.29) is 18.3 Å². The quantitative estimate of drug-likeness (QED) is 0.664. The van der Waals surface area contributed by atoms with Gasteiger partial charge >= 0.3 is 0 Å². The fourth-order valence-corrected chi connectivity index (χ4v) is 2.82. The van der Waals surface area contributed by atoms with Crippen molar-refractivity contribution in [1.29, 1.82) is 0 Å². The van der Waals surface area contributed by atoms with Crippen molar-refractivity contribution >= 4 is 5.91 Å². The van der Waals surface area contributed by atoms with Crippen molar-refractivity contribution in [2.45, 2.75) is 26.4 Å². The summed E-state index contributed by atoms with van der Waals surface area (Å²) in [6.07, 6.45) is 0.768. The van der Waals surface area contributed by atoms with E-state index in [0.29, 0.717) is 29.2 Å². The van der Waals surface area contributed by atoms with Gasteiger partial charge < -0.3 is 10.1 Å². The first-order valence-corrected chi connectivity index (χ1v) is 8.96. The Labute approximate surface area is 161 Å². The van der Waals surface area contributed by atoms with Gasteiger partial charge in [-0.1, -0.05) is 19.1 Å². The van der Waals surface area contributed by atoms with Gasteiger partial charge in [-0.25, -0.2) is 8.78 Å². The Kier molecular flexibility index (Phi) is 6.03. The number of ether oxygens (including phenoxy) is 1. The number of aryl methyl sites for hydroxylation is 1. The van der Waals surface area contributed by atoms with Crippen molar-refractivity contribution in [3.05, 3.63) is 71.4 Å². The molecule has 5 nitrogen and oxygen atoms in total. The average Bonchev–Trinajstić information content (AvgIpc) is 3.11. The molecule has 7 heteroatoms. The number of nitrogens with one attached hydrogen (secondary N) is 1. The van der Waals surface area contributed by atoms with Crippen LogP contribution in [0, 0.1) is 11.6 Å². The van der Waals surface area contributed by atoms with Gasteiger partial charge in [0.25, 0.3) is 5.91 Å². The number of hydrogen-bond acceptors (Lipinski definition) is 3. The highest BCUT2D eigenvalue weighted by Crippen LogP contribution is 2.26. The van der Waals surface area contributed by atoms with Crippen molar-refractivity contribution in [3.63, 3.8) is 0 Å². The SMILES string of the molecule is CCCn1nc(-c2ccc(OC)cc2F)cc1C(=O)NCc1ccc(F)cc1. The van der Waals surface area contributed by atoms with E-state index in [1.54, 1.807) is 35.0 Å². The van der Waals surface area contributed by atoms with Crippen LogP contribution in [0.5, 0.6) is 5.75 Å².